The zero-order chi connectivity index (χ0) is 16.8. The fourth-order valence-electron chi connectivity index (χ4n) is 1.81. The molecule has 2 rings (SSSR count). The van der Waals surface area contributed by atoms with Crippen molar-refractivity contribution in [3.05, 3.63) is 69.8 Å². The van der Waals surface area contributed by atoms with Crippen molar-refractivity contribution in [1.82, 2.24) is 5.32 Å². The van der Waals surface area contributed by atoms with Crippen LogP contribution in [0.1, 0.15) is 15.9 Å². The van der Waals surface area contributed by atoms with Crippen LogP contribution in [-0.4, -0.2) is 24.1 Å². The van der Waals surface area contributed by atoms with E-state index < -0.39 is 11.9 Å². The number of hydrogen-bond donors (Lipinski definition) is 2. The second kappa shape index (κ2) is 7.60. The monoisotopic (exact) mass is 375 g/mol. The third kappa shape index (κ3) is 4.69. The van der Waals surface area contributed by atoms with E-state index >= 15 is 0 Å². The number of hydrogen-bond acceptors (Lipinski definition) is 3. The van der Waals surface area contributed by atoms with Crippen molar-refractivity contribution in [1.29, 1.82) is 0 Å². The van der Waals surface area contributed by atoms with Crippen LogP contribution in [0.25, 0.3) is 6.08 Å². The maximum absolute atomic E-state index is 12.1. The van der Waals surface area contributed by atoms with E-state index in [1.165, 1.54) is 6.08 Å². The molecule has 5 nitrogen and oxygen atoms in total. The van der Waals surface area contributed by atoms with Crippen molar-refractivity contribution >= 4 is 33.9 Å². The molecule has 0 aromatic heterocycles. The molecule has 0 saturated carbocycles. The van der Waals surface area contributed by atoms with E-state index in [1.807, 2.05) is 0 Å². The Labute approximate surface area is 141 Å². The lowest BCUT2D eigenvalue weighted by Crippen LogP contribution is -2.27. The molecule has 6 heteroatoms. The number of rotatable bonds is 5. The van der Waals surface area contributed by atoms with Crippen LogP contribution in [-0.2, 0) is 4.79 Å². The molecule has 0 atom stereocenters. The molecule has 0 radical (unpaired) electrons. The third-order valence-corrected chi connectivity index (χ3v) is 3.54. The second-order valence-electron chi connectivity index (χ2n) is 4.60. The molecule has 0 spiro atoms. The Balaban J connectivity index is 2.20. The van der Waals surface area contributed by atoms with Crippen molar-refractivity contribution in [2.24, 2.45) is 0 Å². The highest BCUT2D eigenvalue weighted by Crippen LogP contribution is 2.14. The number of carboxylic acid groups (broad SMARTS) is 1. The predicted octanol–water partition coefficient (Wildman–Crippen LogP) is 3.31. The van der Waals surface area contributed by atoms with Crippen LogP contribution in [0.5, 0.6) is 5.75 Å². The largest absolute Gasteiger partial charge is 0.497 e. The summed E-state index contributed by atoms with van der Waals surface area (Å²) in [4.78, 5) is 23.4. The molecule has 0 fully saturated rings. The van der Waals surface area contributed by atoms with E-state index in [0.29, 0.717) is 16.9 Å². The molecule has 1 amide bonds. The van der Waals surface area contributed by atoms with E-state index in [2.05, 4.69) is 21.2 Å². The van der Waals surface area contributed by atoms with Crippen LogP contribution in [0, 0.1) is 0 Å². The highest BCUT2D eigenvalue weighted by molar-refractivity contribution is 9.10. The Morgan fingerprint density at radius 1 is 1.09 bits per heavy atom. The summed E-state index contributed by atoms with van der Waals surface area (Å²) in [6.45, 7) is 0. The van der Waals surface area contributed by atoms with Gasteiger partial charge in [-0.1, -0.05) is 28.1 Å². The summed E-state index contributed by atoms with van der Waals surface area (Å²) in [6.07, 6.45) is 1.39. The number of carbonyl (C=O) groups excluding carboxylic acids is 1. The minimum absolute atomic E-state index is 0.205. The number of aliphatic carboxylic acids is 1. The number of nitrogens with one attached hydrogen (secondary N) is 1. The lowest BCUT2D eigenvalue weighted by molar-refractivity contribution is -0.132. The Hall–Kier alpha value is -2.60. The van der Waals surface area contributed by atoms with Crippen LogP contribution in [0.15, 0.2) is 58.7 Å². The van der Waals surface area contributed by atoms with Gasteiger partial charge in [0.2, 0.25) is 0 Å². The molecule has 0 aliphatic heterocycles. The van der Waals surface area contributed by atoms with Gasteiger partial charge in [0, 0.05) is 10.0 Å². The molecule has 0 saturated heterocycles. The summed E-state index contributed by atoms with van der Waals surface area (Å²) in [7, 11) is 1.55. The molecule has 0 aliphatic rings. The first-order chi connectivity index (χ1) is 11.0. The summed E-state index contributed by atoms with van der Waals surface area (Å²) < 4.78 is 5.88. The molecular formula is C17H14BrNO4. The number of amides is 1. The SMILES string of the molecule is COc1ccc(/C=C(\NC(=O)c2ccc(Br)cc2)C(=O)O)cc1. The van der Waals surface area contributed by atoms with E-state index in [0.717, 1.165) is 4.47 Å². The summed E-state index contributed by atoms with van der Waals surface area (Å²) >= 11 is 3.28. The first-order valence-electron chi connectivity index (χ1n) is 6.65. The molecule has 0 heterocycles. The van der Waals surface area contributed by atoms with Gasteiger partial charge in [0.25, 0.3) is 5.91 Å². The topological polar surface area (TPSA) is 75.6 Å². The number of benzene rings is 2. The Bertz CT molecular complexity index is 736. The zero-order valence-electron chi connectivity index (χ0n) is 12.2. The summed E-state index contributed by atoms with van der Waals surface area (Å²) in [6, 6.07) is 13.5. The predicted molar refractivity (Wildman–Crippen MR) is 90.2 cm³/mol. The highest BCUT2D eigenvalue weighted by Gasteiger charge is 2.13. The molecule has 0 aliphatic carbocycles. The lowest BCUT2D eigenvalue weighted by atomic mass is 10.1. The van der Waals surface area contributed by atoms with E-state index in [1.54, 1.807) is 55.6 Å². The van der Waals surface area contributed by atoms with Crippen LogP contribution in [0.2, 0.25) is 0 Å². The molecule has 0 bridgehead atoms. The van der Waals surface area contributed by atoms with Gasteiger partial charge in [-0.05, 0) is 48.0 Å². The van der Waals surface area contributed by atoms with Crippen molar-refractivity contribution in [3.63, 3.8) is 0 Å². The summed E-state index contributed by atoms with van der Waals surface area (Å²) in [5.41, 5.74) is 0.803. The molecule has 23 heavy (non-hydrogen) atoms. The Morgan fingerprint density at radius 2 is 1.70 bits per heavy atom. The van der Waals surface area contributed by atoms with Crippen LogP contribution < -0.4 is 10.1 Å². The summed E-state index contributed by atoms with van der Waals surface area (Å²) in [5, 5.41) is 11.7. The second-order valence-corrected chi connectivity index (χ2v) is 5.51. The van der Waals surface area contributed by atoms with E-state index in [4.69, 9.17) is 4.74 Å². The number of ether oxygens (including phenoxy) is 1. The van der Waals surface area contributed by atoms with Crippen LogP contribution in [0.4, 0.5) is 0 Å². The van der Waals surface area contributed by atoms with Crippen LogP contribution in [0.3, 0.4) is 0 Å². The van der Waals surface area contributed by atoms with Gasteiger partial charge in [-0.25, -0.2) is 4.79 Å². The van der Waals surface area contributed by atoms with Gasteiger partial charge in [0.15, 0.2) is 0 Å². The molecule has 2 N–H and O–H groups in total. The Kier molecular flexibility index (Phi) is 5.54. The van der Waals surface area contributed by atoms with Gasteiger partial charge < -0.3 is 15.2 Å². The third-order valence-electron chi connectivity index (χ3n) is 3.01. The zero-order valence-corrected chi connectivity index (χ0v) is 13.8. The van der Waals surface area contributed by atoms with Gasteiger partial charge in [-0.2, -0.15) is 0 Å². The molecular weight excluding hydrogens is 362 g/mol. The highest BCUT2D eigenvalue weighted by atomic mass is 79.9. The average Bonchev–Trinajstić information content (AvgIpc) is 2.55. The van der Waals surface area contributed by atoms with Crippen molar-refractivity contribution in [2.45, 2.75) is 0 Å². The standard InChI is InChI=1S/C17H14BrNO4/c1-23-14-8-2-11(3-9-14)10-15(17(21)22)19-16(20)12-4-6-13(18)7-5-12/h2-10H,1H3,(H,19,20)(H,21,22)/b15-10-. The maximum atomic E-state index is 12.1. The van der Waals surface area contributed by atoms with Gasteiger partial charge in [0.1, 0.15) is 11.4 Å². The smallest absolute Gasteiger partial charge is 0.352 e. The van der Waals surface area contributed by atoms with Crippen molar-refractivity contribution < 1.29 is 19.4 Å². The first kappa shape index (κ1) is 16.8. The molecule has 0 unspecified atom stereocenters. The quantitative estimate of drug-likeness (QED) is 0.786. The first-order valence-corrected chi connectivity index (χ1v) is 7.45. The fourth-order valence-corrected chi connectivity index (χ4v) is 2.08. The number of carboxylic acids is 1. The van der Waals surface area contributed by atoms with E-state index in [9.17, 15) is 14.7 Å². The van der Waals surface area contributed by atoms with Gasteiger partial charge in [-0.3, -0.25) is 4.79 Å². The summed E-state index contributed by atoms with van der Waals surface area (Å²) in [5.74, 6) is -1.04. The average molecular weight is 376 g/mol. The molecule has 2 aromatic carbocycles. The maximum Gasteiger partial charge on any atom is 0.352 e. The van der Waals surface area contributed by atoms with Gasteiger partial charge in [0.05, 0.1) is 7.11 Å². The lowest BCUT2D eigenvalue weighted by Gasteiger charge is -2.07. The number of methoxy groups -OCH3 is 1. The van der Waals surface area contributed by atoms with E-state index in [-0.39, 0.29) is 5.70 Å². The van der Waals surface area contributed by atoms with Gasteiger partial charge >= 0.3 is 5.97 Å². The number of carbonyl (C=O) groups is 2. The van der Waals surface area contributed by atoms with Crippen LogP contribution >= 0.6 is 15.9 Å². The number of halogens is 1. The minimum Gasteiger partial charge on any atom is -0.497 e. The van der Waals surface area contributed by atoms with Crippen molar-refractivity contribution in [2.75, 3.05) is 7.11 Å². The Morgan fingerprint density at radius 3 is 2.22 bits per heavy atom. The molecule has 118 valence electrons. The normalized spacial score (nSPS) is 11.0. The minimum atomic E-state index is -1.22. The van der Waals surface area contributed by atoms with Gasteiger partial charge in [-0.15, -0.1) is 0 Å². The van der Waals surface area contributed by atoms with Crippen molar-refractivity contribution in [3.8, 4) is 5.75 Å². The fraction of sp³-hybridized carbons (Fsp3) is 0.0588. The molecule has 2 aromatic rings.